The van der Waals surface area contributed by atoms with E-state index in [4.69, 9.17) is 9.47 Å². The van der Waals surface area contributed by atoms with Crippen LogP contribution in [0.5, 0.6) is 0 Å². The van der Waals surface area contributed by atoms with Crippen molar-refractivity contribution in [2.75, 3.05) is 18.5 Å². The zero-order valence-corrected chi connectivity index (χ0v) is 12.4. The molecule has 0 N–H and O–H groups in total. The summed E-state index contributed by atoms with van der Waals surface area (Å²) in [5.41, 5.74) is 2.47. The Balaban J connectivity index is 2.40. The van der Waals surface area contributed by atoms with Gasteiger partial charge in [-0.25, -0.2) is 0 Å². The topological polar surface area (TPSA) is 18.5 Å². The van der Waals surface area contributed by atoms with Crippen molar-refractivity contribution in [3.05, 3.63) is 35.4 Å². The van der Waals surface area contributed by atoms with Crippen molar-refractivity contribution in [3.63, 3.8) is 0 Å². The molecule has 3 heteroatoms. The van der Waals surface area contributed by atoms with Gasteiger partial charge in [0.15, 0.2) is 0 Å². The van der Waals surface area contributed by atoms with E-state index < -0.39 is 0 Å². The van der Waals surface area contributed by atoms with Crippen LogP contribution in [-0.2, 0) is 9.47 Å². The lowest BCUT2D eigenvalue weighted by atomic mass is 10.1. The standard InChI is InChI=1S/C14H21BrO2/c1-11(2)16-8-9-17-14(10-15)13-6-4-12(3)5-7-13/h4-7,11,14H,8-10H2,1-3H3. The van der Waals surface area contributed by atoms with Crippen LogP contribution in [0, 0.1) is 6.92 Å². The zero-order chi connectivity index (χ0) is 12.7. The molecule has 0 fully saturated rings. The van der Waals surface area contributed by atoms with Gasteiger partial charge in [-0.05, 0) is 26.3 Å². The number of hydrogen-bond donors (Lipinski definition) is 0. The summed E-state index contributed by atoms with van der Waals surface area (Å²) in [7, 11) is 0. The molecule has 0 aromatic heterocycles. The number of alkyl halides is 1. The van der Waals surface area contributed by atoms with Crippen LogP contribution in [-0.4, -0.2) is 24.6 Å². The van der Waals surface area contributed by atoms with Gasteiger partial charge >= 0.3 is 0 Å². The molecule has 96 valence electrons. The molecule has 0 radical (unpaired) electrons. The molecular formula is C14H21BrO2. The lowest BCUT2D eigenvalue weighted by Crippen LogP contribution is -2.13. The summed E-state index contributed by atoms with van der Waals surface area (Å²) < 4.78 is 11.2. The van der Waals surface area contributed by atoms with Crippen LogP contribution in [0.15, 0.2) is 24.3 Å². The summed E-state index contributed by atoms with van der Waals surface area (Å²) in [4.78, 5) is 0. The Morgan fingerprint density at radius 3 is 2.18 bits per heavy atom. The van der Waals surface area contributed by atoms with Crippen LogP contribution in [0.2, 0.25) is 0 Å². The van der Waals surface area contributed by atoms with Crippen LogP contribution in [0.4, 0.5) is 0 Å². The number of ether oxygens (including phenoxy) is 2. The monoisotopic (exact) mass is 300 g/mol. The van der Waals surface area contributed by atoms with Crippen LogP contribution < -0.4 is 0 Å². The summed E-state index contributed by atoms with van der Waals surface area (Å²) in [6.07, 6.45) is 0.367. The van der Waals surface area contributed by atoms with E-state index in [1.54, 1.807) is 0 Å². The van der Waals surface area contributed by atoms with E-state index in [2.05, 4.69) is 47.1 Å². The summed E-state index contributed by atoms with van der Waals surface area (Å²) in [5, 5.41) is 0.803. The van der Waals surface area contributed by atoms with Gasteiger partial charge in [0.2, 0.25) is 0 Å². The fraction of sp³-hybridized carbons (Fsp3) is 0.571. The average Bonchev–Trinajstić information content (AvgIpc) is 2.30. The van der Waals surface area contributed by atoms with Gasteiger partial charge in [-0.1, -0.05) is 45.8 Å². The van der Waals surface area contributed by atoms with Gasteiger partial charge in [-0.2, -0.15) is 0 Å². The van der Waals surface area contributed by atoms with Crippen molar-refractivity contribution in [1.29, 1.82) is 0 Å². The minimum atomic E-state index is 0.103. The third kappa shape index (κ3) is 5.66. The maximum atomic E-state index is 5.80. The van der Waals surface area contributed by atoms with Gasteiger partial charge in [-0.3, -0.25) is 0 Å². The highest BCUT2D eigenvalue weighted by Crippen LogP contribution is 2.20. The van der Waals surface area contributed by atoms with Crippen molar-refractivity contribution in [3.8, 4) is 0 Å². The Labute approximate surface area is 112 Å². The Morgan fingerprint density at radius 2 is 1.65 bits per heavy atom. The molecule has 0 spiro atoms. The van der Waals surface area contributed by atoms with Crippen LogP contribution in [0.1, 0.15) is 31.1 Å². The van der Waals surface area contributed by atoms with Gasteiger partial charge in [0.05, 0.1) is 25.4 Å². The molecule has 1 rings (SSSR count). The molecule has 0 aliphatic carbocycles. The highest BCUT2D eigenvalue weighted by atomic mass is 79.9. The first-order chi connectivity index (χ1) is 8.13. The van der Waals surface area contributed by atoms with Gasteiger partial charge in [0.1, 0.15) is 0 Å². The fourth-order valence-corrected chi connectivity index (χ4v) is 2.05. The molecule has 0 aliphatic heterocycles. The predicted molar refractivity (Wildman–Crippen MR) is 74.8 cm³/mol. The molecule has 0 aliphatic rings. The number of rotatable bonds is 7. The van der Waals surface area contributed by atoms with E-state index >= 15 is 0 Å². The van der Waals surface area contributed by atoms with Crippen LogP contribution in [0.3, 0.4) is 0 Å². The Kier molecular flexibility index (Phi) is 6.78. The summed E-state index contributed by atoms with van der Waals surface area (Å²) in [6.45, 7) is 7.42. The first-order valence-electron chi connectivity index (χ1n) is 5.99. The largest absolute Gasteiger partial charge is 0.376 e. The van der Waals surface area contributed by atoms with Gasteiger partial charge in [0, 0.05) is 5.33 Å². The number of hydrogen-bond acceptors (Lipinski definition) is 2. The molecule has 0 bridgehead atoms. The number of benzene rings is 1. The Morgan fingerprint density at radius 1 is 1.06 bits per heavy atom. The second-order valence-electron chi connectivity index (χ2n) is 4.34. The molecule has 0 saturated heterocycles. The van der Waals surface area contributed by atoms with E-state index in [0.717, 1.165) is 5.33 Å². The van der Waals surface area contributed by atoms with Crippen molar-refractivity contribution in [2.45, 2.75) is 33.0 Å². The Hall–Kier alpha value is -0.380. The lowest BCUT2D eigenvalue weighted by Gasteiger charge is -2.16. The van der Waals surface area contributed by atoms with Crippen LogP contribution >= 0.6 is 15.9 Å². The van der Waals surface area contributed by atoms with Crippen molar-refractivity contribution < 1.29 is 9.47 Å². The third-order valence-electron chi connectivity index (χ3n) is 2.44. The maximum absolute atomic E-state index is 5.80. The second kappa shape index (κ2) is 7.85. The van der Waals surface area contributed by atoms with Crippen molar-refractivity contribution in [1.82, 2.24) is 0 Å². The molecule has 2 nitrogen and oxygen atoms in total. The molecule has 1 unspecified atom stereocenters. The minimum absolute atomic E-state index is 0.103. The number of halogens is 1. The van der Waals surface area contributed by atoms with E-state index in [9.17, 15) is 0 Å². The van der Waals surface area contributed by atoms with Crippen molar-refractivity contribution >= 4 is 15.9 Å². The average molecular weight is 301 g/mol. The van der Waals surface area contributed by atoms with E-state index in [0.29, 0.717) is 13.2 Å². The Bertz CT molecular complexity index is 309. The van der Waals surface area contributed by atoms with Crippen molar-refractivity contribution in [2.24, 2.45) is 0 Å². The molecular weight excluding hydrogens is 280 g/mol. The maximum Gasteiger partial charge on any atom is 0.0922 e. The quantitative estimate of drug-likeness (QED) is 0.562. The van der Waals surface area contributed by atoms with Gasteiger partial charge in [-0.15, -0.1) is 0 Å². The fourth-order valence-electron chi connectivity index (χ4n) is 1.49. The highest BCUT2D eigenvalue weighted by Gasteiger charge is 2.10. The third-order valence-corrected chi connectivity index (χ3v) is 3.03. The molecule has 1 aromatic rings. The molecule has 17 heavy (non-hydrogen) atoms. The molecule has 0 heterocycles. The zero-order valence-electron chi connectivity index (χ0n) is 10.8. The first kappa shape index (κ1) is 14.7. The van der Waals surface area contributed by atoms with Gasteiger partial charge < -0.3 is 9.47 Å². The van der Waals surface area contributed by atoms with Gasteiger partial charge in [0.25, 0.3) is 0 Å². The molecule has 0 saturated carbocycles. The lowest BCUT2D eigenvalue weighted by molar-refractivity contribution is -0.00553. The predicted octanol–water partition coefficient (Wildman–Crippen LogP) is 3.87. The second-order valence-corrected chi connectivity index (χ2v) is 4.99. The highest BCUT2D eigenvalue weighted by molar-refractivity contribution is 9.09. The van der Waals surface area contributed by atoms with Crippen LogP contribution in [0.25, 0.3) is 0 Å². The molecule has 0 amide bonds. The molecule has 1 aromatic carbocycles. The van der Waals surface area contributed by atoms with E-state index in [-0.39, 0.29) is 12.2 Å². The first-order valence-corrected chi connectivity index (χ1v) is 7.11. The summed E-state index contributed by atoms with van der Waals surface area (Å²) in [5.74, 6) is 0. The normalized spacial score (nSPS) is 13.0. The summed E-state index contributed by atoms with van der Waals surface area (Å²) >= 11 is 3.49. The molecule has 1 atom stereocenters. The SMILES string of the molecule is Cc1ccc(C(CBr)OCCOC(C)C)cc1. The minimum Gasteiger partial charge on any atom is -0.376 e. The summed E-state index contributed by atoms with van der Waals surface area (Å²) in [6, 6.07) is 8.45. The smallest absolute Gasteiger partial charge is 0.0922 e. The van der Waals surface area contributed by atoms with E-state index in [1.165, 1.54) is 11.1 Å². The number of aryl methyl sites for hydroxylation is 1. The van der Waals surface area contributed by atoms with E-state index in [1.807, 2.05) is 13.8 Å².